The lowest BCUT2D eigenvalue weighted by Gasteiger charge is -2.26. The van der Waals surface area contributed by atoms with E-state index in [0.29, 0.717) is 18.7 Å². The molecule has 1 saturated carbocycles. The van der Waals surface area contributed by atoms with E-state index in [1.807, 2.05) is 13.8 Å². The molecule has 0 amide bonds. The Hall–Kier alpha value is -0.0900. The number of hydrogen-bond acceptors (Lipinski definition) is 2. The zero-order chi connectivity index (χ0) is 10.6. The highest BCUT2D eigenvalue weighted by atomic mass is 32.2. The van der Waals surface area contributed by atoms with Crippen molar-refractivity contribution in [2.24, 2.45) is 0 Å². The summed E-state index contributed by atoms with van der Waals surface area (Å²) in [6.45, 7) is 4.48. The Labute approximate surface area is 87.5 Å². The molecule has 0 aromatic rings. The molecular formula is C10H21NO2S. The lowest BCUT2D eigenvalue weighted by atomic mass is 10.2. The van der Waals surface area contributed by atoms with Crippen molar-refractivity contribution < 1.29 is 8.42 Å². The first-order valence-electron chi connectivity index (χ1n) is 5.61. The molecule has 0 aromatic carbocycles. The Morgan fingerprint density at radius 2 is 1.79 bits per heavy atom. The van der Waals surface area contributed by atoms with Gasteiger partial charge in [-0.1, -0.05) is 26.7 Å². The average molecular weight is 219 g/mol. The van der Waals surface area contributed by atoms with Crippen LogP contribution in [0.2, 0.25) is 0 Å². The molecule has 0 spiro atoms. The van der Waals surface area contributed by atoms with Gasteiger partial charge in [0.2, 0.25) is 10.0 Å². The zero-order valence-corrected chi connectivity index (χ0v) is 10.0. The number of hydrogen-bond donors (Lipinski definition) is 0. The van der Waals surface area contributed by atoms with Crippen molar-refractivity contribution >= 4 is 10.0 Å². The van der Waals surface area contributed by atoms with E-state index in [-0.39, 0.29) is 6.04 Å². The molecule has 14 heavy (non-hydrogen) atoms. The van der Waals surface area contributed by atoms with Gasteiger partial charge in [-0.2, -0.15) is 4.31 Å². The summed E-state index contributed by atoms with van der Waals surface area (Å²) >= 11 is 0. The predicted molar refractivity (Wildman–Crippen MR) is 58.7 cm³/mol. The quantitative estimate of drug-likeness (QED) is 0.709. The third-order valence-corrected chi connectivity index (χ3v) is 5.06. The molecule has 84 valence electrons. The highest BCUT2D eigenvalue weighted by Gasteiger charge is 2.29. The summed E-state index contributed by atoms with van der Waals surface area (Å²) in [5.41, 5.74) is 0. The van der Waals surface area contributed by atoms with Crippen molar-refractivity contribution in [1.82, 2.24) is 4.31 Å². The zero-order valence-electron chi connectivity index (χ0n) is 9.20. The van der Waals surface area contributed by atoms with E-state index in [1.54, 1.807) is 4.31 Å². The molecule has 0 aliphatic heterocycles. The van der Waals surface area contributed by atoms with Crippen LogP contribution in [0.25, 0.3) is 0 Å². The Kier molecular flexibility index (Phi) is 4.38. The van der Waals surface area contributed by atoms with Gasteiger partial charge in [0.25, 0.3) is 0 Å². The first-order chi connectivity index (χ1) is 6.61. The van der Waals surface area contributed by atoms with Gasteiger partial charge in [-0.15, -0.1) is 0 Å². The van der Waals surface area contributed by atoms with Crippen molar-refractivity contribution in [3.05, 3.63) is 0 Å². The van der Waals surface area contributed by atoms with E-state index in [9.17, 15) is 8.42 Å². The fourth-order valence-corrected chi connectivity index (χ4v) is 4.06. The SMILES string of the molecule is CCCS(=O)(=O)N(CC)C1CCCC1. The molecule has 0 atom stereocenters. The lowest BCUT2D eigenvalue weighted by Crippen LogP contribution is -2.39. The standard InChI is InChI=1S/C10H21NO2S/c1-3-9-14(12,13)11(4-2)10-7-5-6-8-10/h10H,3-9H2,1-2H3. The predicted octanol–water partition coefficient (Wildman–Crippen LogP) is 1.99. The summed E-state index contributed by atoms with van der Waals surface area (Å²) in [6.07, 6.45) is 5.19. The van der Waals surface area contributed by atoms with Gasteiger partial charge in [0.05, 0.1) is 5.75 Å². The van der Waals surface area contributed by atoms with Crippen LogP contribution >= 0.6 is 0 Å². The molecule has 0 aromatic heterocycles. The molecule has 4 heteroatoms. The van der Waals surface area contributed by atoms with Gasteiger partial charge < -0.3 is 0 Å². The molecule has 0 radical (unpaired) electrons. The topological polar surface area (TPSA) is 37.4 Å². The third kappa shape index (κ3) is 2.70. The molecule has 0 bridgehead atoms. The summed E-state index contributed by atoms with van der Waals surface area (Å²) in [5.74, 6) is 0.303. The molecule has 1 rings (SSSR count). The molecule has 0 unspecified atom stereocenters. The fraction of sp³-hybridized carbons (Fsp3) is 1.00. The molecule has 0 saturated heterocycles. The molecule has 1 aliphatic rings. The molecule has 0 N–H and O–H groups in total. The van der Waals surface area contributed by atoms with Gasteiger partial charge >= 0.3 is 0 Å². The van der Waals surface area contributed by atoms with E-state index in [1.165, 1.54) is 12.8 Å². The summed E-state index contributed by atoms with van der Waals surface area (Å²) in [6, 6.07) is 0.288. The second-order valence-electron chi connectivity index (χ2n) is 3.96. The summed E-state index contributed by atoms with van der Waals surface area (Å²) in [4.78, 5) is 0. The summed E-state index contributed by atoms with van der Waals surface area (Å²) < 4.78 is 25.5. The smallest absolute Gasteiger partial charge is 0.212 e. The van der Waals surface area contributed by atoms with Crippen LogP contribution in [-0.4, -0.2) is 31.1 Å². The molecule has 1 fully saturated rings. The maximum absolute atomic E-state index is 11.9. The normalized spacial score (nSPS) is 19.4. The number of sulfonamides is 1. The van der Waals surface area contributed by atoms with Gasteiger partial charge in [0, 0.05) is 12.6 Å². The third-order valence-electron chi connectivity index (χ3n) is 2.86. The average Bonchev–Trinajstić information content (AvgIpc) is 2.57. The van der Waals surface area contributed by atoms with Crippen LogP contribution in [0.1, 0.15) is 46.0 Å². The monoisotopic (exact) mass is 219 g/mol. The fourth-order valence-electron chi connectivity index (χ4n) is 2.25. The highest BCUT2D eigenvalue weighted by molar-refractivity contribution is 7.89. The van der Waals surface area contributed by atoms with Crippen LogP contribution in [0.4, 0.5) is 0 Å². The highest BCUT2D eigenvalue weighted by Crippen LogP contribution is 2.25. The lowest BCUT2D eigenvalue weighted by molar-refractivity contribution is 0.335. The van der Waals surface area contributed by atoms with Crippen LogP contribution in [-0.2, 0) is 10.0 Å². The van der Waals surface area contributed by atoms with Crippen LogP contribution in [0, 0.1) is 0 Å². The molecule has 0 heterocycles. The minimum Gasteiger partial charge on any atom is -0.212 e. The number of rotatable bonds is 5. The van der Waals surface area contributed by atoms with Gasteiger partial charge in [0.15, 0.2) is 0 Å². The van der Waals surface area contributed by atoms with Crippen molar-refractivity contribution in [3.8, 4) is 0 Å². The van der Waals surface area contributed by atoms with E-state index in [2.05, 4.69) is 0 Å². The second kappa shape index (κ2) is 5.12. The van der Waals surface area contributed by atoms with E-state index < -0.39 is 10.0 Å². The maximum Gasteiger partial charge on any atom is 0.214 e. The molecular weight excluding hydrogens is 198 g/mol. The largest absolute Gasteiger partial charge is 0.214 e. The van der Waals surface area contributed by atoms with Crippen LogP contribution in [0.3, 0.4) is 0 Å². The minimum absolute atomic E-state index is 0.288. The van der Waals surface area contributed by atoms with E-state index in [4.69, 9.17) is 0 Å². The van der Waals surface area contributed by atoms with Gasteiger partial charge in [-0.05, 0) is 19.3 Å². The van der Waals surface area contributed by atoms with Crippen molar-refractivity contribution in [1.29, 1.82) is 0 Å². The number of nitrogens with zero attached hydrogens (tertiary/aromatic N) is 1. The first kappa shape index (κ1) is 12.0. The molecule has 1 aliphatic carbocycles. The Morgan fingerprint density at radius 1 is 1.21 bits per heavy atom. The van der Waals surface area contributed by atoms with Crippen LogP contribution in [0.5, 0.6) is 0 Å². The maximum atomic E-state index is 11.9. The Balaban J connectivity index is 2.69. The van der Waals surface area contributed by atoms with Gasteiger partial charge in [-0.3, -0.25) is 0 Å². The Bertz CT molecular complexity index is 255. The summed E-state index contributed by atoms with van der Waals surface area (Å²) in [7, 11) is -2.97. The van der Waals surface area contributed by atoms with Crippen molar-refractivity contribution in [3.63, 3.8) is 0 Å². The van der Waals surface area contributed by atoms with Crippen LogP contribution < -0.4 is 0 Å². The summed E-state index contributed by atoms with van der Waals surface area (Å²) in [5, 5.41) is 0. The Morgan fingerprint density at radius 3 is 2.21 bits per heavy atom. The van der Waals surface area contributed by atoms with Crippen molar-refractivity contribution in [2.75, 3.05) is 12.3 Å². The van der Waals surface area contributed by atoms with Crippen molar-refractivity contribution in [2.45, 2.75) is 52.0 Å². The van der Waals surface area contributed by atoms with E-state index >= 15 is 0 Å². The minimum atomic E-state index is -2.97. The molecule has 3 nitrogen and oxygen atoms in total. The van der Waals surface area contributed by atoms with Crippen LogP contribution in [0.15, 0.2) is 0 Å². The van der Waals surface area contributed by atoms with Gasteiger partial charge in [0.1, 0.15) is 0 Å². The first-order valence-corrected chi connectivity index (χ1v) is 7.22. The van der Waals surface area contributed by atoms with E-state index in [0.717, 1.165) is 12.8 Å². The second-order valence-corrected chi connectivity index (χ2v) is 6.00. The van der Waals surface area contributed by atoms with Gasteiger partial charge in [-0.25, -0.2) is 8.42 Å².